The van der Waals surface area contributed by atoms with E-state index in [0.29, 0.717) is 0 Å². The quantitative estimate of drug-likeness (QED) is 0.268. The Bertz CT molecular complexity index is 1050. The topological polar surface area (TPSA) is 152 Å². The van der Waals surface area contributed by atoms with Crippen LogP contribution in [0.5, 0.6) is 0 Å². The maximum absolute atomic E-state index is 11.6. The molecule has 162 valence electrons. The molecule has 8 nitrogen and oxygen atoms in total. The van der Waals surface area contributed by atoms with E-state index in [2.05, 4.69) is 9.47 Å². The monoisotopic (exact) mass is 430 g/mol. The highest BCUT2D eigenvalue weighted by Crippen LogP contribution is 2.25. The van der Waals surface area contributed by atoms with Crippen LogP contribution in [0.15, 0.2) is 72.8 Å². The van der Waals surface area contributed by atoms with Gasteiger partial charge in [-0.2, -0.15) is 0 Å². The van der Waals surface area contributed by atoms with Crippen LogP contribution in [0.3, 0.4) is 0 Å². The van der Waals surface area contributed by atoms with Gasteiger partial charge in [-0.05, 0) is 33.4 Å². The van der Waals surface area contributed by atoms with Crippen molar-refractivity contribution in [3.8, 4) is 22.3 Å². The van der Waals surface area contributed by atoms with Crippen molar-refractivity contribution in [3.05, 3.63) is 83.9 Å². The summed E-state index contributed by atoms with van der Waals surface area (Å²) in [6.45, 7) is 0. The molecule has 0 aromatic heterocycles. The Morgan fingerprint density at radius 3 is 1.06 bits per heavy atom. The molecule has 0 saturated heterocycles. The number of benzene rings is 3. The lowest BCUT2D eigenvalue weighted by Crippen LogP contribution is -2.20. The zero-order valence-electron chi connectivity index (χ0n) is 17.1. The number of esters is 2. The summed E-state index contributed by atoms with van der Waals surface area (Å²) in [6, 6.07) is 21.8. The van der Waals surface area contributed by atoms with Crippen LogP contribution in [0.25, 0.3) is 22.3 Å². The lowest BCUT2D eigenvalue weighted by atomic mass is 9.98. The van der Waals surface area contributed by atoms with Crippen molar-refractivity contribution in [2.24, 2.45) is 11.5 Å². The number of amidine groups is 2. The number of hydrogen-bond donors (Lipinski definition) is 4. The molecule has 0 fully saturated rings. The van der Waals surface area contributed by atoms with Crippen molar-refractivity contribution in [1.29, 1.82) is 10.8 Å². The third-order valence-corrected chi connectivity index (χ3v) is 4.60. The SMILES string of the molecule is N=C(N)OC(=O)Cc1ccc(-c2ccc(-c3ccc(CC(=O)OC(=N)N)cc3)cc2)cc1. The second-order valence-electron chi connectivity index (χ2n) is 7.00. The fourth-order valence-electron chi connectivity index (χ4n) is 3.14. The van der Waals surface area contributed by atoms with Crippen LogP contribution in [-0.4, -0.2) is 24.0 Å². The van der Waals surface area contributed by atoms with Crippen LogP contribution >= 0.6 is 0 Å². The smallest absolute Gasteiger partial charge is 0.318 e. The van der Waals surface area contributed by atoms with Crippen LogP contribution in [0, 0.1) is 10.8 Å². The number of ether oxygens (including phenoxy) is 2. The molecular weight excluding hydrogens is 408 g/mol. The van der Waals surface area contributed by atoms with Gasteiger partial charge in [0.15, 0.2) is 0 Å². The Morgan fingerprint density at radius 2 is 0.812 bits per heavy atom. The van der Waals surface area contributed by atoms with Gasteiger partial charge in [0.25, 0.3) is 12.0 Å². The van der Waals surface area contributed by atoms with E-state index in [1.165, 1.54) is 0 Å². The first kappa shape index (κ1) is 22.2. The minimum absolute atomic E-state index is 0.0429. The molecule has 3 aromatic rings. The van der Waals surface area contributed by atoms with Gasteiger partial charge in [-0.1, -0.05) is 72.8 Å². The van der Waals surface area contributed by atoms with Crippen LogP contribution in [0.2, 0.25) is 0 Å². The fraction of sp³-hybridized carbons (Fsp3) is 0.0833. The summed E-state index contributed by atoms with van der Waals surface area (Å²) in [5, 5.41) is 14.0. The average molecular weight is 430 g/mol. The van der Waals surface area contributed by atoms with Gasteiger partial charge in [0.2, 0.25) is 0 Å². The average Bonchev–Trinajstić information content (AvgIpc) is 2.74. The zero-order chi connectivity index (χ0) is 23.1. The molecule has 6 N–H and O–H groups in total. The molecule has 0 aliphatic rings. The normalized spacial score (nSPS) is 10.2. The van der Waals surface area contributed by atoms with Gasteiger partial charge in [-0.3, -0.25) is 20.4 Å². The zero-order valence-corrected chi connectivity index (χ0v) is 17.1. The largest absolute Gasteiger partial charge is 0.393 e. The molecule has 0 radical (unpaired) electrons. The van der Waals surface area contributed by atoms with E-state index in [1.807, 2.05) is 72.8 Å². The summed E-state index contributed by atoms with van der Waals surface area (Å²) >= 11 is 0. The van der Waals surface area contributed by atoms with Gasteiger partial charge in [0.05, 0.1) is 12.8 Å². The van der Waals surface area contributed by atoms with E-state index < -0.39 is 24.0 Å². The molecule has 3 rings (SSSR count). The Morgan fingerprint density at radius 1 is 0.562 bits per heavy atom. The van der Waals surface area contributed by atoms with Crippen molar-refractivity contribution in [1.82, 2.24) is 0 Å². The highest BCUT2D eigenvalue weighted by Gasteiger charge is 2.08. The standard InChI is InChI=1S/C24H22N4O4/c25-23(26)31-21(29)13-15-1-5-17(6-2-15)19-9-11-20(12-10-19)18-7-3-16(4-8-18)14-22(30)32-24(27)28/h1-12H,13-14H2,(H3,25,26)(H3,27,28). The lowest BCUT2D eigenvalue weighted by Gasteiger charge is -2.07. The predicted octanol–water partition coefficient (Wildman–Crippen LogP) is 2.98. The molecule has 0 heterocycles. The molecule has 0 spiro atoms. The Labute approximate surface area is 184 Å². The second kappa shape index (κ2) is 10.0. The van der Waals surface area contributed by atoms with E-state index >= 15 is 0 Å². The van der Waals surface area contributed by atoms with Crippen molar-refractivity contribution >= 4 is 24.0 Å². The van der Waals surface area contributed by atoms with Gasteiger partial charge >= 0.3 is 11.9 Å². The summed E-state index contributed by atoms with van der Waals surface area (Å²) in [5.74, 6) is -1.15. The molecule has 8 heteroatoms. The summed E-state index contributed by atoms with van der Waals surface area (Å²) in [4.78, 5) is 23.2. The van der Waals surface area contributed by atoms with E-state index in [0.717, 1.165) is 33.4 Å². The summed E-state index contributed by atoms with van der Waals surface area (Å²) < 4.78 is 9.10. The molecule has 32 heavy (non-hydrogen) atoms. The highest BCUT2D eigenvalue weighted by molar-refractivity contribution is 5.86. The molecule has 0 aliphatic heterocycles. The summed E-state index contributed by atoms with van der Waals surface area (Å²) in [7, 11) is 0. The number of hydrogen-bond acceptors (Lipinski definition) is 6. The molecule has 0 atom stereocenters. The van der Waals surface area contributed by atoms with Gasteiger partial charge in [0.1, 0.15) is 0 Å². The van der Waals surface area contributed by atoms with E-state index in [9.17, 15) is 9.59 Å². The molecule has 0 bridgehead atoms. The highest BCUT2D eigenvalue weighted by atomic mass is 16.6. The fourth-order valence-corrected chi connectivity index (χ4v) is 3.14. The Kier molecular flexibility index (Phi) is 6.97. The Hall–Kier alpha value is -4.46. The minimum atomic E-state index is -0.614. The summed E-state index contributed by atoms with van der Waals surface area (Å²) in [5.41, 5.74) is 15.7. The number of carbonyl (C=O) groups is 2. The molecular formula is C24H22N4O4. The predicted molar refractivity (Wildman–Crippen MR) is 121 cm³/mol. The van der Waals surface area contributed by atoms with Gasteiger partial charge in [-0.15, -0.1) is 0 Å². The van der Waals surface area contributed by atoms with Crippen LogP contribution in [0.4, 0.5) is 0 Å². The van der Waals surface area contributed by atoms with Gasteiger partial charge in [-0.25, -0.2) is 0 Å². The molecule has 0 aliphatic carbocycles. The van der Waals surface area contributed by atoms with Crippen molar-refractivity contribution in [2.75, 3.05) is 0 Å². The molecule has 0 saturated carbocycles. The van der Waals surface area contributed by atoms with Crippen LogP contribution < -0.4 is 11.5 Å². The minimum Gasteiger partial charge on any atom is -0.393 e. The molecule has 0 unspecified atom stereocenters. The van der Waals surface area contributed by atoms with E-state index in [1.54, 1.807) is 0 Å². The maximum atomic E-state index is 11.6. The van der Waals surface area contributed by atoms with E-state index in [4.69, 9.17) is 22.3 Å². The van der Waals surface area contributed by atoms with Gasteiger partial charge < -0.3 is 20.9 Å². The third kappa shape index (κ3) is 6.27. The van der Waals surface area contributed by atoms with Crippen molar-refractivity contribution in [3.63, 3.8) is 0 Å². The maximum Gasteiger partial charge on any atom is 0.318 e. The van der Waals surface area contributed by atoms with Gasteiger partial charge in [0, 0.05) is 0 Å². The van der Waals surface area contributed by atoms with Crippen molar-refractivity contribution in [2.45, 2.75) is 12.8 Å². The number of nitrogens with one attached hydrogen (secondary N) is 2. The first-order valence-electron chi connectivity index (χ1n) is 9.68. The van der Waals surface area contributed by atoms with E-state index in [-0.39, 0.29) is 12.8 Å². The van der Waals surface area contributed by atoms with Crippen LogP contribution in [-0.2, 0) is 31.9 Å². The molecule has 0 amide bonds. The van der Waals surface area contributed by atoms with Crippen molar-refractivity contribution < 1.29 is 19.1 Å². The Balaban J connectivity index is 1.64. The third-order valence-electron chi connectivity index (χ3n) is 4.60. The van der Waals surface area contributed by atoms with Crippen LogP contribution in [0.1, 0.15) is 11.1 Å². The number of nitrogens with two attached hydrogens (primary N) is 2. The lowest BCUT2D eigenvalue weighted by molar-refractivity contribution is -0.135. The number of rotatable bonds is 6. The first-order valence-corrected chi connectivity index (χ1v) is 9.68. The first-order chi connectivity index (χ1) is 15.3. The second-order valence-corrected chi connectivity index (χ2v) is 7.00. The summed E-state index contributed by atoms with van der Waals surface area (Å²) in [6.07, 6.45) is 0.0858. The number of carbonyl (C=O) groups excluding carboxylic acids is 2. The molecule has 3 aromatic carbocycles.